The van der Waals surface area contributed by atoms with Gasteiger partial charge in [0.15, 0.2) is 0 Å². The van der Waals surface area contributed by atoms with Gasteiger partial charge in [0.25, 0.3) is 0 Å². The highest BCUT2D eigenvalue weighted by Crippen LogP contribution is 2.28. The Hall–Kier alpha value is -1.22. The first-order valence-electron chi connectivity index (χ1n) is 7.04. The van der Waals surface area contributed by atoms with E-state index in [1.54, 1.807) is 7.11 Å². The number of rotatable bonds is 7. The third-order valence-electron chi connectivity index (χ3n) is 3.73. The maximum atomic E-state index is 5.37. The molecule has 3 heteroatoms. The van der Waals surface area contributed by atoms with Crippen LogP contribution in [0.5, 0.6) is 5.75 Å². The standard InChI is InChI=1S/C16H28N2O/c1-7-14(10-17-4)11-18(5)15-8-13(3)16(19-6)9-12(15)2/h8-9,14,17H,7,10-11H2,1-6H3. The summed E-state index contributed by atoms with van der Waals surface area (Å²) >= 11 is 0. The van der Waals surface area contributed by atoms with Gasteiger partial charge in [-0.05, 0) is 56.6 Å². The quantitative estimate of drug-likeness (QED) is 0.819. The van der Waals surface area contributed by atoms with E-state index < -0.39 is 0 Å². The van der Waals surface area contributed by atoms with Crippen LogP contribution in [0.1, 0.15) is 24.5 Å². The zero-order valence-electron chi connectivity index (χ0n) is 13.2. The molecule has 0 amide bonds. The summed E-state index contributed by atoms with van der Waals surface area (Å²) in [6.45, 7) is 8.63. The van der Waals surface area contributed by atoms with Crippen molar-refractivity contribution in [2.24, 2.45) is 5.92 Å². The second kappa shape index (κ2) is 7.39. The topological polar surface area (TPSA) is 24.5 Å². The predicted molar refractivity (Wildman–Crippen MR) is 83.4 cm³/mol. The summed E-state index contributed by atoms with van der Waals surface area (Å²) in [7, 11) is 5.92. The SMILES string of the molecule is CCC(CNC)CN(C)c1cc(C)c(OC)cc1C. The summed E-state index contributed by atoms with van der Waals surface area (Å²) in [5.74, 6) is 1.65. The van der Waals surface area contributed by atoms with Crippen molar-refractivity contribution in [2.75, 3.05) is 39.2 Å². The molecule has 0 spiro atoms. The molecule has 1 aromatic carbocycles. The van der Waals surface area contributed by atoms with Crippen molar-refractivity contribution in [3.8, 4) is 5.75 Å². The lowest BCUT2D eigenvalue weighted by Gasteiger charge is -2.27. The molecule has 0 bridgehead atoms. The first-order chi connectivity index (χ1) is 9.03. The molecule has 0 aromatic heterocycles. The minimum atomic E-state index is 0.678. The summed E-state index contributed by atoms with van der Waals surface area (Å²) in [5, 5.41) is 3.27. The Morgan fingerprint density at radius 1 is 1.26 bits per heavy atom. The first kappa shape index (κ1) is 15.8. The van der Waals surface area contributed by atoms with Crippen LogP contribution in [0.25, 0.3) is 0 Å². The molecule has 1 atom stereocenters. The Balaban J connectivity index is 2.87. The number of hydrogen-bond donors (Lipinski definition) is 1. The molecule has 1 N–H and O–H groups in total. The minimum Gasteiger partial charge on any atom is -0.496 e. The van der Waals surface area contributed by atoms with E-state index in [-0.39, 0.29) is 0 Å². The summed E-state index contributed by atoms with van der Waals surface area (Å²) in [4.78, 5) is 2.35. The van der Waals surface area contributed by atoms with Gasteiger partial charge in [-0.3, -0.25) is 0 Å². The number of ether oxygens (including phenoxy) is 1. The Bertz CT molecular complexity index is 404. The van der Waals surface area contributed by atoms with Crippen LogP contribution in [0.3, 0.4) is 0 Å². The molecule has 108 valence electrons. The Morgan fingerprint density at radius 2 is 1.95 bits per heavy atom. The normalized spacial score (nSPS) is 12.3. The van der Waals surface area contributed by atoms with E-state index in [1.807, 2.05) is 7.05 Å². The molecule has 1 unspecified atom stereocenters. The van der Waals surface area contributed by atoms with E-state index >= 15 is 0 Å². The largest absolute Gasteiger partial charge is 0.496 e. The molecule has 0 aliphatic rings. The number of nitrogens with one attached hydrogen (secondary N) is 1. The van der Waals surface area contributed by atoms with Gasteiger partial charge < -0.3 is 15.0 Å². The van der Waals surface area contributed by atoms with Crippen LogP contribution in [0.2, 0.25) is 0 Å². The highest BCUT2D eigenvalue weighted by Gasteiger charge is 2.13. The second-order valence-electron chi connectivity index (χ2n) is 5.32. The molecule has 0 aliphatic carbocycles. The molecule has 0 fully saturated rings. The molecule has 3 nitrogen and oxygen atoms in total. The van der Waals surface area contributed by atoms with Gasteiger partial charge in [0.2, 0.25) is 0 Å². The van der Waals surface area contributed by atoms with Gasteiger partial charge in [-0.15, -0.1) is 0 Å². The van der Waals surface area contributed by atoms with Gasteiger partial charge in [0, 0.05) is 19.3 Å². The van der Waals surface area contributed by atoms with Crippen LogP contribution in [0, 0.1) is 19.8 Å². The minimum absolute atomic E-state index is 0.678. The van der Waals surface area contributed by atoms with Gasteiger partial charge >= 0.3 is 0 Å². The van der Waals surface area contributed by atoms with Crippen LogP contribution < -0.4 is 15.0 Å². The van der Waals surface area contributed by atoms with Gasteiger partial charge in [0.1, 0.15) is 5.75 Å². The van der Waals surface area contributed by atoms with Crippen LogP contribution in [0.15, 0.2) is 12.1 Å². The third kappa shape index (κ3) is 4.13. The fourth-order valence-electron chi connectivity index (χ4n) is 2.52. The molecule has 0 saturated carbocycles. The van der Waals surface area contributed by atoms with Gasteiger partial charge in [-0.25, -0.2) is 0 Å². The van der Waals surface area contributed by atoms with Crippen molar-refractivity contribution < 1.29 is 4.74 Å². The highest BCUT2D eigenvalue weighted by atomic mass is 16.5. The molecule has 0 aliphatic heterocycles. The number of methoxy groups -OCH3 is 1. The number of nitrogens with zero attached hydrogens (tertiary/aromatic N) is 1. The van der Waals surface area contributed by atoms with Crippen LogP contribution in [-0.2, 0) is 0 Å². The number of hydrogen-bond acceptors (Lipinski definition) is 3. The van der Waals surface area contributed by atoms with Gasteiger partial charge in [0.05, 0.1) is 7.11 Å². The van der Waals surface area contributed by atoms with E-state index in [0.29, 0.717) is 5.92 Å². The maximum absolute atomic E-state index is 5.37. The molecule has 1 rings (SSSR count). The molecule has 1 aromatic rings. The molecule has 0 heterocycles. The molecule has 0 saturated heterocycles. The highest BCUT2D eigenvalue weighted by molar-refractivity contribution is 5.58. The van der Waals surface area contributed by atoms with Crippen LogP contribution in [0.4, 0.5) is 5.69 Å². The van der Waals surface area contributed by atoms with E-state index in [0.717, 1.165) is 18.8 Å². The molecule has 19 heavy (non-hydrogen) atoms. The fraction of sp³-hybridized carbons (Fsp3) is 0.625. The Morgan fingerprint density at radius 3 is 2.47 bits per heavy atom. The Kier molecular flexibility index (Phi) is 6.16. The van der Waals surface area contributed by atoms with Crippen molar-refractivity contribution in [3.63, 3.8) is 0 Å². The molecular weight excluding hydrogens is 236 g/mol. The van der Waals surface area contributed by atoms with Crippen molar-refractivity contribution >= 4 is 5.69 Å². The lowest BCUT2D eigenvalue weighted by molar-refractivity contribution is 0.411. The average molecular weight is 264 g/mol. The van der Waals surface area contributed by atoms with Crippen LogP contribution >= 0.6 is 0 Å². The van der Waals surface area contributed by atoms with Crippen molar-refractivity contribution in [1.29, 1.82) is 0 Å². The number of aryl methyl sites for hydroxylation is 2. The zero-order chi connectivity index (χ0) is 14.4. The monoisotopic (exact) mass is 264 g/mol. The zero-order valence-corrected chi connectivity index (χ0v) is 13.2. The lowest BCUT2D eigenvalue weighted by Crippen LogP contribution is -2.31. The summed E-state index contributed by atoms with van der Waals surface area (Å²) in [5.41, 5.74) is 3.76. The number of benzene rings is 1. The Labute approximate surface area is 118 Å². The molecule has 0 radical (unpaired) electrons. The van der Waals surface area contributed by atoms with E-state index in [4.69, 9.17) is 4.74 Å². The average Bonchev–Trinajstić information content (AvgIpc) is 2.40. The third-order valence-corrected chi connectivity index (χ3v) is 3.73. The lowest BCUT2D eigenvalue weighted by atomic mass is 10.0. The smallest absolute Gasteiger partial charge is 0.122 e. The second-order valence-corrected chi connectivity index (χ2v) is 5.32. The summed E-state index contributed by atoms with van der Waals surface area (Å²) in [6, 6.07) is 4.35. The summed E-state index contributed by atoms with van der Waals surface area (Å²) in [6.07, 6.45) is 1.19. The number of anilines is 1. The van der Waals surface area contributed by atoms with Crippen molar-refractivity contribution in [3.05, 3.63) is 23.3 Å². The fourth-order valence-corrected chi connectivity index (χ4v) is 2.52. The van der Waals surface area contributed by atoms with Gasteiger partial charge in [-0.1, -0.05) is 13.3 Å². The summed E-state index contributed by atoms with van der Waals surface area (Å²) < 4.78 is 5.37. The van der Waals surface area contributed by atoms with E-state index in [1.165, 1.54) is 23.2 Å². The van der Waals surface area contributed by atoms with E-state index in [9.17, 15) is 0 Å². The molecular formula is C16H28N2O. The van der Waals surface area contributed by atoms with Crippen molar-refractivity contribution in [2.45, 2.75) is 27.2 Å². The predicted octanol–water partition coefficient (Wildman–Crippen LogP) is 2.99. The first-order valence-corrected chi connectivity index (χ1v) is 7.04. The van der Waals surface area contributed by atoms with Gasteiger partial charge in [-0.2, -0.15) is 0 Å². The van der Waals surface area contributed by atoms with Crippen molar-refractivity contribution in [1.82, 2.24) is 5.32 Å². The van der Waals surface area contributed by atoms with E-state index in [2.05, 4.69) is 50.2 Å². The van der Waals surface area contributed by atoms with Crippen LogP contribution in [-0.4, -0.2) is 34.3 Å². The maximum Gasteiger partial charge on any atom is 0.122 e.